The van der Waals surface area contributed by atoms with E-state index in [4.69, 9.17) is 16.3 Å². The van der Waals surface area contributed by atoms with Gasteiger partial charge in [-0.15, -0.1) is 0 Å². The Morgan fingerprint density at radius 3 is 2.74 bits per heavy atom. The van der Waals surface area contributed by atoms with Crippen molar-refractivity contribution in [1.29, 1.82) is 0 Å². The maximum Gasteiger partial charge on any atom is 0.123 e. The second-order valence-electron chi connectivity index (χ2n) is 4.43. The minimum atomic E-state index is 0.747. The molecule has 0 fully saturated rings. The van der Waals surface area contributed by atoms with Crippen LogP contribution in [0.25, 0.3) is 10.9 Å². The van der Waals surface area contributed by atoms with Gasteiger partial charge in [-0.25, -0.2) is 0 Å². The minimum absolute atomic E-state index is 0.747. The number of methoxy groups -OCH3 is 1. The Labute approximate surface area is 117 Å². The average Bonchev–Trinajstić information content (AvgIpc) is 2.84. The predicted molar refractivity (Wildman–Crippen MR) is 79.0 cm³/mol. The first-order valence-corrected chi connectivity index (χ1v) is 6.52. The highest BCUT2D eigenvalue weighted by molar-refractivity contribution is 6.35. The number of hydrogen-bond donors (Lipinski definition) is 0. The molecule has 0 amide bonds. The zero-order valence-electron chi connectivity index (χ0n) is 10.6. The number of fused-ring (bicyclic) bond motifs is 1. The molecular formula is C16H14ClNO. The predicted octanol–water partition coefficient (Wildman–Crippen LogP) is 4.35. The van der Waals surface area contributed by atoms with Crippen molar-refractivity contribution >= 4 is 22.5 Å². The van der Waals surface area contributed by atoms with Gasteiger partial charge in [0.2, 0.25) is 0 Å². The van der Waals surface area contributed by atoms with Crippen molar-refractivity contribution in [3.8, 4) is 5.75 Å². The molecule has 0 bridgehead atoms. The minimum Gasteiger partial charge on any atom is -0.496 e. The standard InChI is InChI=1S/C16H14ClNO/c1-19-15-8-3-2-5-13(15)11-18-10-9-12-6-4-7-14(17)16(12)18/h2-10H,11H2,1H3. The fourth-order valence-electron chi connectivity index (χ4n) is 2.36. The van der Waals surface area contributed by atoms with Crippen LogP contribution in [0.4, 0.5) is 0 Å². The van der Waals surface area contributed by atoms with E-state index < -0.39 is 0 Å². The fraction of sp³-hybridized carbons (Fsp3) is 0.125. The quantitative estimate of drug-likeness (QED) is 0.691. The molecule has 0 aliphatic rings. The van der Waals surface area contributed by atoms with Crippen LogP contribution in [0, 0.1) is 0 Å². The molecular weight excluding hydrogens is 258 g/mol. The molecule has 96 valence electrons. The van der Waals surface area contributed by atoms with Crippen LogP contribution in [0.5, 0.6) is 5.75 Å². The van der Waals surface area contributed by atoms with Crippen molar-refractivity contribution in [1.82, 2.24) is 4.57 Å². The van der Waals surface area contributed by atoms with E-state index >= 15 is 0 Å². The summed E-state index contributed by atoms with van der Waals surface area (Å²) in [5.74, 6) is 0.899. The summed E-state index contributed by atoms with van der Waals surface area (Å²) >= 11 is 6.29. The van der Waals surface area contributed by atoms with Crippen molar-refractivity contribution in [2.24, 2.45) is 0 Å². The third-order valence-corrected chi connectivity index (χ3v) is 3.58. The lowest BCUT2D eigenvalue weighted by molar-refractivity contribution is 0.408. The maximum absolute atomic E-state index is 6.29. The number of nitrogens with zero attached hydrogens (tertiary/aromatic N) is 1. The van der Waals surface area contributed by atoms with Crippen LogP contribution in [0.1, 0.15) is 5.56 Å². The molecule has 0 N–H and O–H groups in total. The Kier molecular flexibility index (Phi) is 3.18. The highest BCUT2D eigenvalue weighted by Gasteiger charge is 2.07. The van der Waals surface area contributed by atoms with E-state index in [0.29, 0.717) is 0 Å². The molecule has 1 aromatic heterocycles. The molecule has 19 heavy (non-hydrogen) atoms. The Balaban J connectivity index is 2.06. The van der Waals surface area contributed by atoms with E-state index in [1.807, 2.05) is 30.3 Å². The van der Waals surface area contributed by atoms with Gasteiger partial charge in [-0.05, 0) is 18.2 Å². The molecule has 2 nitrogen and oxygen atoms in total. The molecule has 1 heterocycles. The van der Waals surface area contributed by atoms with Crippen LogP contribution in [0.3, 0.4) is 0 Å². The number of para-hydroxylation sites is 2. The Bertz CT molecular complexity index is 718. The molecule has 0 aliphatic carbocycles. The Morgan fingerprint density at radius 2 is 1.89 bits per heavy atom. The van der Waals surface area contributed by atoms with Gasteiger partial charge in [-0.3, -0.25) is 0 Å². The molecule has 0 spiro atoms. The van der Waals surface area contributed by atoms with Crippen molar-refractivity contribution in [2.45, 2.75) is 6.54 Å². The van der Waals surface area contributed by atoms with Gasteiger partial charge in [-0.2, -0.15) is 0 Å². The van der Waals surface area contributed by atoms with Crippen LogP contribution < -0.4 is 4.74 Å². The Morgan fingerprint density at radius 1 is 1.05 bits per heavy atom. The van der Waals surface area contributed by atoms with Crippen LogP contribution in [0.2, 0.25) is 5.02 Å². The number of aromatic nitrogens is 1. The monoisotopic (exact) mass is 271 g/mol. The SMILES string of the molecule is COc1ccccc1Cn1ccc2cccc(Cl)c21. The molecule has 3 rings (SSSR count). The van der Waals surface area contributed by atoms with Gasteiger partial charge >= 0.3 is 0 Å². The van der Waals surface area contributed by atoms with Crippen molar-refractivity contribution in [3.63, 3.8) is 0 Å². The number of rotatable bonds is 3. The smallest absolute Gasteiger partial charge is 0.123 e. The molecule has 0 saturated heterocycles. The second-order valence-corrected chi connectivity index (χ2v) is 4.84. The normalized spacial score (nSPS) is 10.8. The van der Waals surface area contributed by atoms with E-state index in [-0.39, 0.29) is 0 Å². The average molecular weight is 272 g/mol. The van der Waals surface area contributed by atoms with Gasteiger partial charge in [0.05, 0.1) is 24.2 Å². The van der Waals surface area contributed by atoms with E-state index in [0.717, 1.165) is 33.8 Å². The molecule has 0 atom stereocenters. The largest absolute Gasteiger partial charge is 0.496 e. The zero-order chi connectivity index (χ0) is 13.2. The third kappa shape index (κ3) is 2.20. The topological polar surface area (TPSA) is 14.2 Å². The summed E-state index contributed by atoms with van der Waals surface area (Å²) in [6, 6.07) is 16.1. The highest BCUT2D eigenvalue weighted by Crippen LogP contribution is 2.26. The van der Waals surface area contributed by atoms with Gasteiger partial charge in [0.1, 0.15) is 5.75 Å². The number of benzene rings is 2. The van der Waals surface area contributed by atoms with E-state index in [1.165, 1.54) is 0 Å². The Hall–Kier alpha value is -1.93. The first-order valence-electron chi connectivity index (χ1n) is 6.15. The third-order valence-electron chi connectivity index (χ3n) is 3.27. The van der Waals surface area contributed by atoms with Gasteiger partial charge in [0.15, 0.2) is 0 Å². The van der Waals surface area contributed by atoms with Gasteiger partial charge in [-0.1, -0.05) is 41.9 Å². The molecule has 0 unspecified atom stereocenters. The van der Waals surface area contributed by atoms with E-state index in [2.05, 4.69) is 29.0 Å². The molecule has 0 aliphatic heterocycles. The van der Waals surface area contributed by atoms with Crippen molar-refractivity contribution in [3.05, 3.63) is 65.3 Å². The summed E-state index contributed by atoms with van der Waals surface area (Å²) in [5.41, 5.74) is 2.21. The first-order chi connectivity index (χ1) is 9.29. The van der Waals surface area contributed by atoms with Crippen LogP contribution in [-0.2, 0) is 6.54 Å². The maximum atomic E-state index is 6.29. The second kappa shape index (κ2) is 4.98. The van der Waals surface area contributed by atoms with Crippen LogP contribution in [-0.4, -0.2) is 11.7 Å². The number of hydrogen-bond acceptors (Lipinski definition) is 1. The molecule has 2 aromatic carbocycles. The summed E-state index contributed by atoms with van der Waals surface area (Å²) in [6.07, 6.45) is 2.06. The van der Waals surface area contributed by atoms with E-state index in [9.17, 15) is 0 Å². The molecule has 3 heteroatoms. The van der Waals surface area contributed by atoms with Gasteiger partial charge in [0, 0.05) is 17.1 Å². The fourth-order valence-corrected chi connectivity index (χ4v) is 2.65. The van der Waals surface area contributed by atoms with Gasteiger partial charge in [0.25, 0.3) is 0 Å². The summed E-state index contributed by atoms with van der Waals surface area (Å²) in [6.45, 7) is 0.747. The lowest BCUT2D eigenvalue weighted by Gasteiger charge is -2.10. The van der Waals surface area contributed by atoms with Gasteiger partial charge < -0.3 is 9.30 Å². The van der Waals surface area contributed by atoms with Crippen molar-refractivity contribution in [2.75, 3.05) is 7.11 Å². The first kappa shape index (κ1) is 12.1. The lowest BCUT2D eigenvalue weighted by atomic mass is 10.2. The molecule has 0 radical (unpaired) electrons. The number of ether oxygens (including phenoxy) is 1. The summed E-state index contributed by atoms with van der Waals surface area (Å²) in [7, 11) is 1.69. The summed E-state index contributed by atoms with van der Waals surface area (Å²) in [5, 5.41) is 1.93. The summed E-state index contributed by atoms with van der Waals surface area (Å²) in [4.78, 5) is 0. The summed E-state index contributed by atoms with van der Waals surface area (Å²) < 4.78 is 7.54. The van der Waals surface area contributed by atoms with Crippen molar-refractivity contribution < 1.29 is 4.74 Å². The highest BCUT2D eigenvalue weighted by atomic mass is 35.5. The lowest BCUT2D eigenvalue weighted by Crippen LogP contribution is -2.00. The zero-order valence-corrected chi connectivity index (χ0v) is 11.4. The van der Waals surface area contributed by atoms with Crippen LogP contribution in [0.15, 0.2) is 54.7 Å². The van der Waals surface area contributed by atoms with Crippen LogP contribution >= 0.6 is 11.6 Å². The molecule has 3 aromatic rings. The number of halogens is 1. The van der Waals surface area contributed by atoms with E-state index in [1.54, 1.807) is 7.11 Å². The molecule has 0 saturated carbocycles.